The van der Waals surface area contributed by atoms with Gasteiger partial charge < -0.3 is 9.47 Å². The average Bonchev–Trinajstić information content (AvgIpc) is 2.71. The third-order valence-electron chi connectivity index (χ3n) is 4.05. The fourth-order valence-electron chi connectivity index (χ4n) is 2.87. The number of nitro benzene ring substituents is 1. The SMILES string of the molecule is C=CCc1cc(C=NNC(=O)Cc2ccccc2[N+](=O)[O-])cc(OCC)c1OCC. The number of nitrogens with zero attached hydrogens (tertiary/aromatic N) is 2. The lowest BCUT2D eigenvalue weighted by Gasteiger charge is -2.15. The summed E-state index contributed by atoms with van der Waals surface area (Å²) < 4.78 is 11.4. The zero-order valence-corrected chi connectivity index (χ0v) is 17.1. The predicted molar refractivity (Wildman–Crippen MR) is 115 cm³/mol. The molecule has 1 N–H and O–H groups in total. The monoisotopic (exact) mass is 411 g/mol. The molecular weight excluding hydrogens is 386 g/mol. The Labute approximate surface area is 175 Å². The van der Waals surface area contributed by atoms with Crippen LogP contribution in [0.2, 0.25) is 0 Å². The number of benzene rings is 2. The molecule has 30 heavy (non-hydrogen) atoms. The van der Waals surface area contributed by atoms with Gasteiger partial charge in [-0.15, -0.1) is 6.58 Å². The molecule has 2 aromatic rings. The van der Waals surface area contributed by atoms with E-state index in [1.165, 1.54) is 12.3 Å². The second-order valence-corrected chi connectivity index (χ2v) is 6.22. The van der Waals surface area contributed by atoms with Crippen molar-refractivity contribution in [1.82, 2.24) is 5.43 Å². The first-order valence-electron chi connectivity index (χ1n) is 9.57. The molecule has 158 valence electrons. The van der Waals surface area contributed by atoms with Crippen molar-refractivity contribution in [3.05, 3.63) is 75.9 Å². The third kappa shape index (κ3) is 6.16. The lowest BCUT2D eigenvalue weighted by molar-refractivity contribution is -0.385. The molecule has 0 aliphatic carbocycles. The molecule has 2 rings (SSSR count). The summed E-state index contributed by atoms with van der Waals surface area (Å²) >= 11 is 0. The normalized spacial score (nSPS) is 10.6. The summed E-state index contributed by atoms with van der Waals surface area (Å²) in [6.07, 6.45) is 3.69. The molecule has 0 atom stereocenters. The van der Waals surface area contributed by atoms with Gasteiger partial charge in [-0.2, -0.15) is 5.10 Å². The Balaban J connectivity index is 2.16. The van der Waals surface area contributed by atoms with Crippen LogP contribution >= 0.6 is 0 Å². The summed E-state index contributed by atoms with van der Waals surface area (Å²) in [5.74, 6) is 0.797. The van der Waals surface area contributed by atoms with Crippen LogP contribution in [0.25, 0.3) is 0 Å². The van der Waals surface area contributed by atoms with Crippen molar-refractivity contribution in [1.29, 1.82) is 0 Å². The van der Waals surface area contributed by atoms with Crippen LogP contribution in [-0.2, 0) is 17.6 Å². The second kappa shape index (κ2) is 11.4. The number of rotatable bonds is 11. The number of nitrogens with one attached hydrogen (secondary N) is 1. The van der Waals surface area contributed by atoms with Crippen LogP contribution in [0.5, 0.6) is 11.5 Å². The first-order valence-corrected chi connectivity index (χ1v) is 9.57. The number of ether oxygens (including phenoxy) is 2. The Kier molecular flexibility index (Phi) is 8.56. The van der Waals surface area contributed by atoms with E-state index in [9.17, 15) is 14.9 Å². The Hall–Kier alpha value is -3.68. The minimum Gasteiger partial charge on any atom is -0.490 e. The van der Waals surface area contributed by atoms with Gasteiger partial charge in [-0.25, -0.2) is 5.43 Å². The molecule has 0 spiro atoms. The summed E-state index contributed by atoms with van der Waals surface area (Å²) in [4.78, 5) is 22.7. The van der Waals surface area contributed by atoms with Crippen molar-refractivity contribution in [3.8, 4) is 11.5 Å². The molecule has 0 unspecified atom stereocenters. The average molecular weight is 411 g/mol. The summed E-state index contributed by atoms with van der Waals surface area (Å²) in [5, 5.41) is 15.0. The highest BCUT2D eigenvalue weighted by Gasteiger charge is 2.15. The van der Waals surface area contributed by atoms with Gasteiger partial charge in [0, 0.05) is 17.2 Å². The molecule has 0 bridgehead atoms. The summed E-state index contributed by atoms with van der Waals surface area (Å²) in [7, 11) is 0. The van der Waals surface area contributed by atoms with Gasteiger partial charge in [0.1, 0.15) is 0 Å². The number of allylic oxidation sites excluding steroid dienone is 1. The Morgan fingerprint density at radius 3 is 2.60 bits per heavy atom. The van der Waals surface area contributed by atoms with E-state index in [4.69, 9.17) is 9.47 Å². The molecule has 8 heteroatoms. The van der Waals surface area contributed by atoms with Crippen molar-refractivity contribution in [2.24, 2.45) is 5.10 Å². The molecule has 0 fully saturated rings. The number of nitro groups is 1. The fourth-order valence-corrected chi connectivity index (χ4v) is 2.87. The molecule has 0 aliphatic rings. The quantitative estimate of drug-likeness (QED) is 0.262. The number of carbonyl (C=O) groups excluding carboxylic acids is 1. The van der Waals surface area contributed by atoms with Gasteiger partial charge in [0.25, 0.3) is 5.69 Å². The standard InChI is InChI=1S/C22H25N3O5/c1-4-9-18-12-16(13-20(29-5-2)22(18)30-6-3)15-23-24-21(26)14-17-10-7-8-11-19(17)25(27)28/h4,7-8,10-13,15H,1,5-6,9,14H2,2-3H3,(H,24,26). The highest BCUT2D eigenvalue weighted by Crippen LogP contribution is 2.33. The molecular formula is C22H25N3O5. The molecule has 1 amide bonds. The van der Waals surface area contributed by atoms with Gasteiger partial charge in [0.15, 0.2) is 11.5 Å². The zero-order chi connectivity index (χ0) is 21.9. The van der Waals surface area contributed by atoms with Crippen molar-refractivity contribution >= 4 is 17.8 Å². The van der Waals surface area contributed by atoms with Crippen LogP contribution < -0.4 is 14.9 Å². The summed E-state index contributed by atoms with van der Waals surface area (Å²) in [6, 6.07) is 9.77. The molecule has 0 heterocycles. The molecule has 0 saturated heterocycles. The van der Waals surface area contributed by atoms with Crippen LogP contribution in [0.15, 0.2) is 54.2 Å². The lowest BCUT2D eigenvalue weighted by Crippen LogP contribution is -2.20. The Morgan fingerprint density at radius 1 is 1.20 bits per heavy atom. The number of hydrogen-bond donors (Lipinski definition) is 1. The highest BCUT2D eigenvalue weighted by atomic mass is 16.6. The van der Waals surface area contributed by atoms with Crippen molar-refractivity contribution in [3.63, 3.8) is 0 Å². The molecule has 8 nitrogen and oxygen atoms in total. The van der Waals surface area contributed by atoms with E-state index < -0.39 is 10.8 Å². The predicted octanol–water partition coefficient (Wildman–Crippen LogP) is 3.81. The molecule has 0 radical (unpaired) electrons. The first-order chi connectivity index (χ1) is 14.5. The zero-order valence-electron chi connectivity index (χ0n) is 17.1. The van der Waals surface area contributed by atoms with Gasteiger partial charge in [0.2, 0.25) is 5.91 Å². The Bertz CT molecular complexity index is 940. The fraction of sp³-hybridized carbons (Fsp3) is 0.273. The second-order valence-electron chi connectivity index (χ2n) is 6.22. The van der Waals surface area contributed by atoms with Gasteiger partial charge in [-0.1, -0.05) is 24.3 Å². The van der Waals surface area contributed by atoms with Crippen molar-refractivity contribution < 1.29 is 19.2 Å². The van der Waals surface area contributed by atoms with Gasteiger partial charge in [-0.05, 0) is 38.0 Å². The number of para-hydroxylation sites is 1. The first kappa shape index (κ1) is 22.6. The molecule has 0 aromatic heterocycles. The van der Waals surface area contributed by atoms with Crippen molar-refractivity contribution in [2.75, 3.05) is 13.2 Å². The van der Waals surface area contributed by atoms with E-state index in [0.717, 1.165) is 5.56 Å². The smallest absolute Gasteiger partial charge is 0.273 e. The van der Waals surface area contributed by atoms with Crippen LogP contribution in [0.4, 0.5) is 5.69 Å². The Morgan fingerprint density at radius 2 is 1.93 bits per heavy atom. The lowest BCUT2D eigenvalue weighted by atomic mass is 10.1. The van der Waals surface area contributed by atoms with Gasteiger partial charge >= 0.3 is 0 Å². The van der Waals surface area contributed by atoms with Crippen LogP contribution in [0.3, 0.4) is 0 Å². The minimum absolute atomic E-state index is 0.0986. The van der Waals surface area contributed by atoms with Gasteiger partial charge in [-0.3, -0.25) is 14.9 Å². The molecule has 0 aliphatic heterocycles. The van der Waals surface area contributed by atoms with Crippen LogP contribution in [0.1, 0.15) is 30.5 Å². The van der Waals surface area contributed by atoms with E-state index in [1.54, 1.807) is 30.3 Å². The maximum Gasteiger partial charge on any atom is 0.273 e. The van der Waals surface area contributed by atoms with E-state index in [0.29, 0.717) is 42.3 Å². The minimum atomic E-state index is -0.512. The van der Waals surface area contributed by atoms with Crippen LogP contribution in [0, 0.1) is 10.1 Å². The third-order valence-corrected chi connectivity index (χ3v) is 4.05. The van der Waals surface area contributed by atoms with E-state index >= 15 is 0 Å². The van der Waals surface area contributed by atoms with E-state index in [-0.39, 0.29) is 12.1 Å². The largest absolute Gasteiger partial charge is 0.490 e. The number of hydrogen-bond acceptors (Lipinski definition) is 6. The summed E-state index contributed by atoms with van der Waals surface area (Å²) in [5.41, 5.74) is 4.23. The number of hydrazone groups is 1. The van der Waals surface area contributed by atoms with Gasteiger partial charge in [0.05, 0.1) is 30.8 Å². The van der Waals surface area contributed by atoms with Crippen molar-refractivity contribution in [2.45, 2.75) is 26.7 Å². The maximum absolute atomic E-state index is 12.2. The maximum atomic E-state index is 12.2. The summed E-state index contributed by atoms with van der Waals surface area (Å²) in [6.45, 7) is 8.52. The number of amides is 1. The highest BCUT2D eigenvalue weighted by molar-refractivity contribution is 5.85. The molecule has 0 saturated carbocycles. The van der Waals surface area contributed by atoms with Crippen LogP contribution in [-0.4, -0.2) is 30.3 Å². The molecule has 2 aromatic carbocycles. The topological polar surface area (TPSA) is 103 Å². The van der Waals surface area contributed by atoms with E-state index in [2.05, 4.69) is 17.1 Å². The number of carbonyl (C=O) groups is 1. The van der Waals surface area contributed by atoms with E-state index in [1.807, 2.05) is 19.9 Å².